The molecular formula is C24H29N3O5. The van der Waals surface area contributed by atoms with Gasteiger partial charge in [-0.1, -0.05) is 55.7 Å². The lowest BCUT2D eigenvalue weighted by Crippen LogP contribution is -2.46. The van der Waals surface area contributed by atoms with Gasteiger partial charge >= 0.3 is 12.1 Å². The van der Waals surface area contributed by atoms with Crippen molar-refractivity contribution in [1.82, 2.24) is 10.6 Å². The zero-order chi connectivity index (χ0) is 21.9. The van der Waals surface area contributed by atoms with Crippen molar-refractivity contribution in [3.05, 3.63) is 42.5 Å². The van der Waals surface area contributed by atoms with Crippen LogP contribution in [-0.4, -0.2) is 55.7 Å². The fourth-order valence-corrected chi connectivity index (χ4v) is 4.94. The van der Waals surface area contributed by atoms with E-state index in [-0.39, 0.29) is 36.9 Å². The van der Waals surface area contributed by atoms with Crippen LogP contribution in [0.15, 0.2) is 42.5 Å². The number of fused-ring (bicyclic) bond motifs is 2. The number of alkyl carbamates (subject to hydrolysis) is 1. The summed E-state index contributed by atoms with van der Waals surface area (Å²) >= 11 is 0. The highest BCUT2D eigenvalue weighted by Crippen LogP contribution is 2.29. The van der Waals surface area contributed by atoms with Gasteiger partial charge in [0.15, 0.2) is 6.10 Å². The van der Waals surface area contributed by atoms with Gasteiger partial charge < -0.3 is 30.2 Å². The van der Waals surface area contributed by atoms with Crippen molar-refractivity contribution in [2.45, 2.75) is 62.5 Å². The molecule has 3 aliphatic rings. The minimum absolute atomic E-state index is 0.186. The standard InChI is InChI=1S/C24H29N3O5/c28-23(26-18-12-6-8-15-7-4-5-11-17(15)18)27-19-13-30-22-20(14-31-21(19)22)32-24(29)25-16-9-2-1-3-10-16/h4-8,11-12,16,19-22H,1-3,9-10,13-14H2,(H,25,29)(H2,26,27,28)/t19-,20+,21+,22+/m0/s1. The average molecular weight is 440 g/mol. The monoisotopic (exact) mass is 439 g/mol. The number of amides is 3. The number of benzene rings is 2. The Kier molecular flexibility index (Phi) is 6.14. The number of anilines is 1. The average Bonchev–Trinajstić information content (AvgIpc) is 3.38. The topological polar surface area (TPSA) is 97.9 Å². The lowest BCUT2D eigenvalue weighted by atomic mass is 9.96. The maximum absolute atomic E-state index is 12.7. The molecule has 0 spiro atoms. The number of ether oxygens (including phenoxy) is 3. The Labute approximate surface area is 187 Å². The summed E-state index contributed by atoms with van der Waals surface area (Å²) in [5, 5.41) is 10.9. The molecule has 3 amide bonds. The predicted molar refractivity (Wildman–Crippen MR) is 120 cm³/mol. The van der Waals surface area contributed by atoms with Crippen LogP contribution in [0.25, 0.3) is 10.8 Å². The Morgan fingerprint density at radius 1 is 0.875 bits per heavy atom. The van der Waals surface area contributed by atoms with E-state index < -0.39 is 12.2 Å². The minimum Gasteiger partial charge on any atom is -0.441 e. The van der Waals surface area contributed by atoms with Crippen LogP contribution >= 0.6 is 0 Å². The molecule has 2 aromatic carbocycles. The molecular weight excluding hydrogens is 410 g/mol. The van der Waals surface area contributed by atoms with Gasteiger partial charge in [-0.15, -0.1) is 0 Å². The molecule has 0 aromatic heterocycles. The van der Waals surface area contributed by atoms with E-state index in [4.69, 9.17) is 14.2 Å². The number of carbonyl (C=O) groups excluding carboxylic acids is 2. The maximum Gasteiger partial charge on any atom is 0.407 e. The summed E-state index contributed by atoms with van der Waals surface area (Å²) in [6, 6.07) is 13.2. The van der Waals surface area contributed by atoms with Gasteiger partial charge in [-0.2, -0.15) is 0 Å². The first-order chi connectivity index (χ1) is 15.7. The normalized spacial score (nSPS) is 27.6. The third-order valence-electron chi connectivity index (χ3n) is 6.55. The molecule has 1 aliphatic carbocycles. The predicted octanol–water partition coefficient (Wildman–Crippen LogP) is 3.56. The zero-order valence-corrected chi connectivity index (χ0v) is 17.9. The summed E-state index contributed by atoms with van der Waals surface area (Å²) in [5.41, 5.74) is 0.740. The molecule has 3 N–H and O–H groups in total. The van der Waals surface area contributed by atoms with Crippen molar-refractivity contribution < 1.29 is 23.8 Å². The van der Waals surface area contributed by atoms with Gasteiger partial charge in [0.1, 0.15) is 12.2 Å². The highest BCUT2D eigenvalue weighted by molar-refractivity contribution is 6.01. The van der Waals surface area contributed by atoms with Gasteiger partial charge in [0.05, 0.1) is 24.9 Å². The largest absolute Gasteiger partial charge is 0.441 e. The van der Waals surface area contributed by atoms with Crippen LogP contribution in [0.3, 0.4) is 0 Å². The number of urea groups is 1. The van der Waals surface area contributed by atoms with Crippen LogP contribution in [0.2, 0.25) is 0 Å². The summed E-state index contributed by atoms with van der Waals surface area (Å²) in [7, 11) is 0. The van der Waals surface area contributed by atoms with E-state index >= 15 is 0 Å². The van der Waals surface area contributed by atoms with Gasteiger partial charge in [-0.3, -0.25) is 0 Å². The molecule has 1 saturated carbocycles. The van der Waals surface area contributed by atoms with E-state index in [0.717, 1.165) is 42.1 Å². The van der Waals surface area contributed by atoms with Gasteiger partial charge in [-0.25, -0.2) is 9.59 Å². The van der Waals surface area contributed by atoms with Crippen molar-refractivity contribution in [3.8, 4) is 0 Å². The molecule has 0 unspecified atom stereocenters. The third-order valence-corrected chi connectivity index (χ3v) is 6.55. The summed E-state index contributed by atoms with van der Waals surface area (Å²) in [6.45, 7) is 0.568. The second kappa shape index (κ2) is 9.34. The third kappa shape index (κ3) is 4.52. The molecule has 4 atom stereocenters. The quantitative estimate of drug-likeness (QED) is 0.677. The molecule has 2 aromatic rings. The Hall–Kier alpha value is -2.84. The molecule has 0 bridgehead atoms. The van der Waals surface area contributed by atoms with E-state index in [1.54, 1.807) is 0 Å². The van der Waals surface area contributed by atoms with E-state index in [0.29, 0.717) is 6.61 Å². The van der Waals surface area contributed by atoms with E-state index in [2.05, 4.69) is 16.0 Å². The van der Waals surface area contributed by atoms with Gasteiger partial charge in [-0.05, 0) is 24.3 Å². The van der Waals surface area contributed by atoms with E-state index in [1.165, 1.54) is 6.42 Å². The van der Waals surface area contributed by atoms with Crippen LogP contribution in [0, 0.1) is 0 Å². The first-order valence-electron chi connectivity index (χ1n) is 11.4. The molecule has 5 rings (SSSR count). The number of nitrogens with one attached hydrogen (secondary N) is 3. The number of carbonyl (C=O) groups is 2. The van der Waals surface area contributed by atoms with Crippen LogP contribution < -0.4 is 16.0 Å². The smallest absolute Gasteiger partial charge is 0.407 e. The Bertz CT molecular complexity index is 972. The lowest BCUT2D eigenvalue weighted by Gasteiger charge is -2.24. The summed E-state index contributed by atoms with van der Waals surface area (Å²) < 4.78 is 17.3. The number of hydrogen-bond donors (Lipinski definition) is 3. The van der Waals surface area contributed by atoms with E-state index in [1.807, 2.05) is 42.5 Å². The Morgan fingerprint density at radius 3 is 2.53 bits per heavy atom. The van der Waals surface area contributed by atoms with Gasteiger partial charge in [0, 0.05) is 11.4 Å². The van der Waals surface area contributed by atoms with Crippen molar-refractivity contribution >= 4 is 28.6 Å². The summed E-state index contributed by atoms with van der Waals surface area (Å²) in [5.74, 6) is 0. The van der Waals surface area contributed by atoms with E-state index in [9.17, 15) is 9.59 Å². The first-order valence-corrected chi connectivity index (χ1v) is 11.4. The second-order valence-corrected chi connectivity index (χ2v) is 8.75. The van der Waals surface area contributed by atoms with Crippen molar-refractivity contribution in [1.29, 1.82) is 0 Å². The Balaban J connectivity index is 1.14. The molecule has 3 fully saturated rings. The van der Waals surface area contributed by atoms with Crippen molar-refractivity contribution in [2.75, 3.05) is 18.5 Å². The van der Waals surface area contributed by atoms with Crippen LogP contribution in [0.5, 0.6) is 0 Å². The van der Waals surface area contributed by atoms with Crippen molar-refractivity contribution in [3.63, 3.8) is 0 Å². The number of rotatable bonds is 4. The second-order valence-electron chi connectivity index (χ2n) is 8.75. The molecule has 8 heteroatoms. The molecule has 170 valence electrons. The molecule has 2 saturated heterocycles. The highest BCUT2D eigenvalue weighted by atomic mass is 16.6. The van der Waals surface area contributed by atoms with Gasteiger partial charge in [0.25, 0.3) is 0 Å². The summed E-state index contributed by atoms with van der Waals surface area (Å²) in [4.78, 5) is 25.0. The molecule has 2 heterocycles. The van der Waals surface area contributed by atoms with Gasteiger partial charge in [0.2, 0.25) is 0 Å². The van der Waals surface area contributed by atoms with Crippen LogP contribution in [0.1, 0.15) is 32.1 Å². The lowest BCUT2D eigenvalue weighted by molar-refractivity contribution is 0.00271. The Morgan fingerprint density at radius 2 is 1.66 bits per heavy atom. The summed E-state index contributed by atoms with van der Waals surface area (Å²) in [6.07, 6.45) is 3.88. The highest BCUT2D eigenvalue weighted by Gasteiger charge is 2.50. The minimum atomic E-state index is -0.475. The van der Waals surface area contributed by atoms with Crippen molar-refractivity contribution in [2.24, 2.45) is 0 Å². The maximum atomic E-state index is 12.7. The van der Waals surface area contributed by atoms with Crippen LogP contribution in [0.4, 0.5) is 15.3 Å². The molecule has 32 heavy (non-hydrogen) atoms. The molecule has 8 nitrogen and oxygen atoms in total. The number of hydrogen-bond acceptors (Lipinski definition) is 5. The molecule has 0 radical (unpaired) electrons. The molecule has 2 aliphatic heterocycles. The van der Waals surface area contributed by atoms with Crippen LogP contribution in [-0.2, 0) is 14.2 Å². The zero-order valence-electron chi connectivity index (χ0n) is 17.9. The first kappa shape index (κ1) is 21.0. The fourth-order valence-electron chi connectivity index (χ4n) is 4.94. The SMILES string of the molecule is O=C(Nc1cccc2ccccc12)N[C@H]1CO[C@H]2[C@@H]1OC[C@H]2OC(=O)NC1CCCCC1. The fraction of sp³-hybridized carbons (Fsp3) is 0.500.